The van der Waals surface area contributed by atoms with Crippen LogP contribution in [-0.2, 0) is 16.0 Å². The standard InChI is InChI=1S/C29H29NO6/c1-4-36-24-10-6-8-21(18-24)27(31)25-26(20-7-5-9-23(17-20)35-3)30(29(33)28(25)32)16-15-19-11-13-22(34-2)14-12-19/h5-14,17-18,26,31H,4,15-16H2,1-3H3/b27-25-. The molecule has 1 atom stereocenters. The molecule has 1 unspecified atom stereocenters. The topological polar surface area (TPSA) is 85.3 Å². The van der Waals surface area contributed by atoms with Crippen LogP contribution in [0, 0.1) is 0 Å². The van der Waals surface area contributed by atoms with Gasteiger partial charge in [-0.15, -0.1) is 0 Å². The Kier molecular flexibility index (Phi) is 7.59. The number of methoxy groups -OCH3 is 2. The van der Waals surface area contributed by atoms with Crippen LogP contribution in [0.1, 0.15) is 29.7 Å². The maximum atomic E-state index is 13.3. The number of Topliss-reactive ketones (excluding diaryl/α,β-unsaturated/α-hetero) is 1. The number of ketones is 1. The second-order valence-electron chi connectivity index (χ2n) is 8.33. The smallest absolute Gasteiger partial charge is 0.295 e. The molecule has 1 aliphatic heterocycles. The summed E-state index contributed by atoms with van der Waals surface area (Å²) in [6.45, 7) is 2.61. The van der Waals surface area contributed by atoms with Crippen LogP contribution in [0.4, 0.5) is 0 Å². The molecule has 3 aromatic carbocycles. The van der Waals surface area contributed by atoms with Gasteiger partial charge in [0.1, 0.15) is 23.0 Å². The molecule has 7 nitrogen and oxygen atoms in total. The first-order chi connectivity index (χ1) is 17.5. The fraction of sp³-hybridized carbons (Fsp3) is 0.241. The van der Waals surface area contributed by atoms with Crippen LogP contribution in [0.2, 0.25) is 0 Å². The summed E-state index contributed by atoms with van der Waals surface area (Å²) in [5.74, 6) is 0.273. The van der Waals surface area contributed by atoms with Gasteiger partial charge in [0.15, 0.2) is 0 Å². The van der Waals surface area contributed by atoms with E-state index in [1.165, 1.54) is 4.90 Å². The normalized spacial score (nSPS) is 16.8. The summed E-state index contributed by atoms with van der Waals surface area (Å²) < 4.78 is 16.2. The molecule has 1 heterocycles. The van der Waals surface area contributed by atoms with Crippen LogP contribution in [0.3, 0.4) is 0 Å². The van der Waals surface area contributed by atoms with E-state index in [9.17, 15) is 14.7 Å². The van der Waals surface area contributed by atoms with Crippen LogP contribution in [0.25, 0.3) is 5.76 Å². The number of nitrogens with zero attached hydrogens (tertiary/aromatic N) is 1. The number of aliphatic hydroxyl groups excluding tert-OH is 1. The third kappa shape index (κ3) is 5.05. The van der Waals surface area contributed by atoms with Crippen molar-refractivity contribution in [2.75, 3.05) is 27.4 Å². The van der Waals surface area contributed by atoms with Crippen LogP contribution in [0.15, 0.2) is 78.4 Å². The van der Waals surface area contributed by atoms with Gasteiger partial charge in [-0.2, -0.15) is 0 Å². The van der Waals surface area contributed by atoms with Gasteiger partial charge >= 0.3 is 0 Å². The van der Waals surface area contributed by atoms with E-state index >= 15 is 0 Å². The molecule has 1 amide bonds. The molecule has 4 rings (SSSR count). The summed E-state index contributed by atoms with van der Waals surface area (Å²) in [7, 11) is 3.16. The quantitative estimate of drug-likeness (QED) is 0.266. The number of likely N-dealkylation sites (tertiary alicyclic amines) is 1. The molecular formula is C29H29NO6. The minimum atomic E-state index is -0.769. The van der Waals surface area contributed by atoms with Crippen LogP contribution in [0.5, 0.6) is 17.2 Å². The number of aliphatic hydroxyl groups is 1. The van der Waals surface area contributed by atoms with Gasteiger partial charge in [0, 0.05) is 12.1 Å². The lowest BCUT2D eigenvalue weighted by Gasteiger charge is -2.25. The summed E-state index contributed by atoms with van der Waals surface area (Å²) in [5, 5.41) is 11.3. The second-order valence-corrected chi connectivity index (χ2v) is 8.33. The average molecular weight is 488 g/mol. The van der Waals surface area contributed by atoms with Gasteiger partial charge in [0.05, 0.1) is 32.4 Å². The molecular weight excluding hydrogens is 458 g/mol. The number of carbonyl (C=O) groups excluding carboxylic acids is 2. The summed E-state index contributed by atoms with van der Waals surface area (Å²) in [6, 6.07) is 20.8. The van der Waals surface area contributed by atoms with Crippen molar-refractivity contribution in [2.45, 2.75) is 19.4 Å². The molecule has 0 spiro atoms. The van der Waals surface area contributed by atoms with Gasteiger partial charge in [0.25, 0.3) is 11.7 Å². The van der Waals surface area contributed by atoms with E-state index in [2.05, 4.69) is 0 Å². The summed E-state index contributed by atoms with van der Waals surface area (Å²) in [6.07, 6.45) is 0.525. The maximum Gasteiger partial charge on any atom is 0.295 e. The monoisotopic (exact) mass is 487 g/mol. The number of hydrogen-bond acceptors (Lipinski definition) is 6. The van der Waals surface area contributed by atoms with Crippen molar-refractivity contribution >= 4 is 17.4 Å². The largest absolute Gasteiger partial charge is 0.507 e. The number of ether oxygens (including phenoxy) is 3. The minimum Gasteiger partial charge on any atom is -0.507 e. The molecule has 0 aliphatic carbocycles. The van der Waals surface area contributed by atoms with Crippen molar-refractivity contribution in [1.82, 2.24) is 4.90 Å². The Balaban J connectivity index is 1.76. The first-order valence-corrected chi connectivity index (χ1v) is 11.7. The first-order valence-electron chi connectivity index (χ1n) is 11.7. The second kappa shape index (κ2) is 11.0. The van der Waals surface area contributed by atoms with Crippen LogP contribution in [-0.4, -0.2) is 49.1 Å². The van der Waals surface area contributed by atoms with Crippen molar-refractivity contribution in [3.8, 4) is 17.2 Å². The zero-order valence-corrected chi connectivity index (χ0v) is 20.6. The third-order valence-electron chi connectivity index (χ3n) is 6.17. The highest BCUT2D eigenvalue weighted by atomic mass is 16.5. The van der Waals surface area contributed by atoms with Gasteiger partial charge in [-0.25, -0.2) is 0 Å². The Bertz CT molecular complexity index is 1280. The number of amides is 1. The first kappa shape index (κ1) is 24.9. The SMILES string of the molecule is CCOc1cccc(/C(O)=C2/C(=O)C(=O)N(CCc3ccc(OC)cc3)C2c2cccc(OC)c2)c1. The average Bonchev–Trinajstić information content (AvgIpc) is 3.17. The lowest BCUT2D eigenvalue weighted by molar-refractivity contribution is -0.139. The van der Waals surface area contributed by atoms with E-state index in [1.807, 2.05) is 37.3 Å². The molecule has 0 radical (unpaired) electrons. The molecule has 186 valence electrons. The van der Waals surface area contributed by atoms with Crippen LogP contribution >= 0.6 is 0 Å². The highest BCUT2D eigenvalue weighted by molar-refractivity contribution is 6.46. The molecule has 0 bridgehead atoms. The minimum absolute atomic E-state index is 0.0385. The van der Waals surface area contributed by atoms with E-state index in [1.54, 1.807) is 56.7 Å². The molecule has 7 heteroatoms. The van der Waals surface area contributed by atoms with E-state index < -0.39 is 17.7 Å². The summed E-state index contributed by atoms with van der Waals surface area (Å²) in [4.78, 5) is 28.0. The predicted molar refractivity (Wildman–Crippen MR) is 136 cm³/mol. The number of hydrogen-bond donors (Lipinski definition) is 1. The van der Waals surface area contributed by atoms with Crippen molar-refractivity contribution in [1.29, 1.82) is 0 Å². The molecule has 1 fully saturated rings. The van der Waals surface area contributed by atoms with Gasteiger partial charge < -0.3 is 24.2 Å². The Morgan fingerprint density at radius 3 is 2.28 bits per heavy atom. The molecule has 0 aromatic heterocycles. The lowest BCUT2D eigenvalue weighted by atomic mass is 9.95. The Morgan fingerprint density at radius 1 is 0.889 bits per heavy atom. The zero-order valence-electron chi connectivity index (χ0n) is 20.6. The number of rotatable bonds is 9. The van der Waals surface area contributed by atoms with Gasteiger partial charge in [-0.05, 0) is 60.9 Å². The van der Waals surface area contributed by atoms with E-state index in [0.717, 1.165) is 11.3 Å². The van der Waals surface area contributed by atoms with Crippen molar-refractivity contribution in [3.05, 3.63) is 95.1 Å². The highest BCUT2D eigenvalue weighted by Gasteiger charge is 2.46. The van der Waals surface area contributed by atoms with Gasteiger partial charge in [0.2, 0.25) is 0 Å². The third-order valence-corrected chi connectivity index (χ3v) is 6.17. The Labute approximate surface area is 210 Å². The predicted octanol–water partition coefficient (Wildman–Crippen LogP) is 4.77. The lowest BCUT2D eigenvalue weighted by Crippen LogP contribution is -2.31. The van der Waals surface area contributed by atoms with E-state index in [4.69, 9.17) is 14.2 Å². The molecule has 3 aromatic rings. The van der Waals surface area contributed by atoms with Crippen molar-refractivity contribution < 1.29 is 28.9 Å². The molecule has 0 saturated carbocycles. The van der Waals surface area contributed by atoms with Crippen molar-refractivity contribution in [2.24, 2.45) is 0 Å². The fourth-order valence-corrected chi connectivity index (χ4v) is 4.37. The Hall–Kier alpha value is -4.26. The van der Waals surface area contributed by atoms with Crippen LogP contribution < -0.4 is 14.2 Å². The summed E-state index contributed by atoms with van der Waals surface area (Å²) in [5.41, 5.74) is 2.11. The molecule has 36 heavy (non-hydrogen) atoms. The Morgan fingerprint density at radius 2 is 1.58 bits per heavy atom. The summed E-state index contributed by atoms with van der Waals surface area (Å²) >= 11 is 0. The van der Waals surface area contributed by atoms with Crippen molar-refractivity contribution in [3.63, 3.8) is 0 Å². The molecule has 1 aliphatic rings. The van der Waals surface area contributed by atoms with Gasteiger partial charge in [-0.3, -0.25) is 9.59 Å². The zero-order chi connectivity index (χ0) is 25.7. The number of benzene rings is 3. The highest BCUT2D eigenvalue weighted by Crippen LogP contribution is 2.40. The molecule has 1 N–H and O–H groups in total. The van der Waals surface area contributed by atoms with E-state index in [-0.39, 0.29) is 17.9 Å². The number of carbonyl (C=O) groups is 2. The molecule has 1 saturated heterocycles. The maximum absolute atomic E-state index is 13.3. The van der Waals surface area contributed by atoms with Gasteiger partial charge in [-0.1, -0.05) is 36.4 Å². The van der Waals surface area contributed by atoms with E-state index in [0.29, 0.717) is 35.7 Å². The fourth-order valence-electron chi connectivity index (χ4n) is 4.37.